The zero-order chi connectivity index (χ0) is 14.3. The lowest BCUT2D eigenvalue weighted by Gasteiger charge is -2.08. The summed E-state index contributed by atoms with van der Waals surface area (Å²) in [5.41, 5.74) is 1.07. The van der Waals surface area contributed by atoms with E-state index in [-0.39, 0.29) is 6.42 Å². The molecular weight excluding hydrogens is 248 g/mol. The largest absolute Gasteiger partial charge is 0.493 e. The average molecular weight is 264 g/mol. The highest BCUT2D eigenvalue weighted by atomic mass is 16.5. The van der Waals surface area contributed by atoms with Crippen molar-refractivity contribution in [1.82, 2.24) is 0 Å². The molecule has 0 heterocycles. The van der Waals surface area contributed by atoms with Gasteiger partial charge < -0.3 is 14.2 Å². The minimum absolute atomic E-state index is 0.0612. The van der Waals surface area contributed by atoms with Crippen LogP contribution in [0.25, 0.3) is 6.08 Å². The van der Waals surface area contributed by atoms with Crippen LogP contribution in [-0.4, -0.2) is 33.6 Å². The highest BCUT2D eigenvalue weighted by Crippen LogP contribution is 2.28. The van der Waals surface area contributed by atoms with Gasteiger partial charge in [0.1, 0.15) is 6.29 Å². The second-order valence-electron chi connectivity index (χ2n) is 3.70. The number of benzene rings is 1. The Morgan fingerprint density at radius 2 is 1.84 bits per heavy atom. The Labute approximate surface area is 111 Å². The van der Waals surface area contributed by atoms with Gasteiger partial charge in [-0.3, -0.25) is 9.59 Å². The number of carbonyl (C=O) groups is 2. The smallest absolute Gasteiger partial charge is 0.310 e. The molecule has 0 bridgehead atoms. The Bertz CT molecular complexity index is 491. The predicted octanol–water partition coefficient (Wildman–Crippen LogP) is 1.85. The molecule has 1 rings (SSSR count). The first-order chi connectivity index (χ1) is 9.14. The fraction of sp³-hybridized carbons (Fsp3) is 0.286. The van der Waals surface area contributed by atoms with Crippen LogP contribution in [0, 0.1) is 0 Å². The van der Waals surface area contributed by atoms with E-state index in [1.54, 1.807) is 31.4 Å². The first-order valence-electron chi connectivity index (χ1n) is 5.59. The van der Waals surface area contributed by atoms with Crippen molar-refractivity contribution in [2.24, 2.45) is 0 Å². The topological polar surface area (TPSA) is 61.8 Å². The van der Waals surface area contributed by atoms with E-state index in [1.807, 2.05) is 0 Å². The number of esters is 1. The normalized spacial score (nSPS) is 10.8. The lowest BCUT2D eigenvalue weighted by molar-refractivity contribution is -0.140. The third-order valence-corrected chi connectivity index (χ3v) is 2.49. The van der Waals surface area contributed by atoms with E-state index in [1.165, 1.54) is 14.2 Å². The standard InChI is InChI=1S/C14H16O5/c1-17-12-5-4-10(7-13(12)18-2)6-11(9-15)8-14(16)19-3/h4-7,9H,8H2,1-3H3/b11-6-. The summed E-state index contributed by atoms with van der Waals surface area (Å²) >= 11 is 0. The average Bonchev–Trinajstić information content (AvgIpc) is 2.45. The van der Waals surface area contributed by atoms with Crippen LogP contribution in [0.4, 0.5) is 0 Å². The molecule has 0 fully saturated rings. The van der Waals surface area contributed by atoms with Gasteiger partial charge in [0.15, 0.2) is 11.5 Å². The zero-order valence-electron chi connectivity index (χ0n) is 11.1. The van der Waals surface area contributed by atoms with Crippen molar-refractivity contribution in [3.05, 3.63) is 29.3 Å². The third-order valence-electron chi connectivity index (χ3n) is 2.49. The Morgan fingerprint density at radius 1 is 1.16 bits per heavy atom. The van der Waals surface area contributed by atoms with E-state index in [2.05, 4.69) is 4.74 Å². The van der Waals surface area contributed by atoms with Gasteiger partial charge in [-0.05, 0) is 23.8 Å². The first kappa shape index (κ1) is 14.8. The highest BCUT2D eigenvalue weighted by molar-refractivity contribution is 5.89. The molecule has 0 saturated carbocycles. The number of rotatable bonds is 6. The van der Waals surface area contributed by atoms with Crippen molar-refractivity contribution in [3.8, 4) is 11.5 Å². The van der Waals surface area contributed by atoms with Crippen LogP contribution < -0.4 is 9.47 Å². The fourth-order valence-corrected chi connectivity index (χ4v) is 1.52. The van der Waals surface area contributed by atoms with Gasteiger partial charge >= 0.3 is 5.97 Å². The molecule has 0 aliphatic rings. The lowest BCUT2D eigenvalue weighted by atomic mass is 10.1. The van der Waals surface area contributed by atoms with Gasteiger partial charge in [0.25, 0.3) is 0 Å². The molecule has 0 aromatic heterocycles. The van der Waals surface area contributed by atoms with E-state index < -0.39 is 5.97 Å². The maximum Gasteiger partial charge on any atom is 0.310 e. The van der Waals surface area contributed by atoms with Crippen LogP contribution in [0.1, 0.15) is 12.0 Å². The van der Waals surface area contributed by atoms with E-state index in [4.69, 9.17) is 9.47 Å². The summed E-state index contributed by atoms with van der Waals surface area (Å²) in [5.74, 6) is 0.693. The van der Waals surface area contributed by atoms with Crippen LogP contribution in [-0.2, 0) is 14.3 Å². The summed E-state index contributed by atoms with van der Waals surface area (Å²) in [4.78, 5) is 22.0. The molecule has 0 radical (unpaired) electrons. The molecule has 5 nitrogen and oxygen atoms in total. The third kappa shape index (κ3) is 4.13. The molecule has 1 aromatic rings. The summed E-state index contributed by atoms with van der Waals surface area (Å²) in [6, 6.07) is 5.22. The van der Waals surface area contributed by atoms with Crippen molar-refractivity contribution in [2.45, 2.75) is 6.42 Å². The van der Waals surface area contributed by atoms with Gasteiger partial charge in [-0.2, -0.15) is 0 Å². The second-order valence-corrected chi connectivity index (χ2v) is 3.70. The monoisotopic (exact) mass is 264 g/mol. The lowest BCUT2D eigenvalue weighted by Crippen LogP contribution is -2.02. The Hall–Kier alpha value is -2.30. The molecule has 0 aliphatic heterocycles. The molecule has 0 aliphatic carbocycles. The van der Waals surface area contributed by atoms with Gasteiger partial charge in [-0.1, -0.05) is 6.07 Å². The molecule has 0 atom stereocenters. The van der Waals surface area contributed by atoms with Gasteiger partial charge in [-0.15, -0.1) is 0 Å². The molecule has 0 saturated heterocycles. The molecule has 5 heteroatoms. The minimum Gasteiger partial charge on any atom is -0.493 e. The SMILES string of the molecule is COC(=O)C/C(C=O)=C/c1ccc(OC)c(OC)c1. The van der Waals surface area contributed by atoms with Crippen LogP contribution in [0.2, 0.25) is 0 Å². The molecule has 0 unspecified atom stereocenters. The molecule has 1 aromatic carbocycles. The Balaban J connectivity index is 3.01. The summed E-state index contributed by atoms with van der Waals surface area (Å²) in [6.07, 6.45) is 2.17. The van der Waals surface area contributed by atoms with E-state index in [0.29, 0.717) is 23.4 Å². The maximum absolute atomic E-state index is 11.1. The van der Waals surface area contributed by atoms with Crippen molar-refractivity contribution < 1.29 is 23.8 Å². The van der Waals surface area contributed by atoms with E-state index in [0.717, 1.165) is 5.56 Å². The number of carbonyl (C=O) groups excluding carboxylic acids is 2. The van der Waals surface area contributed by atoms with Crippen LogP contribution in [0.5, 0.6) is 11.5 Å². The highest BCUT2D eigenvalue weighted by Gasteiger charge is 2.07. The minimum atomic E-state index is -0.459. The molecule has 0 N–H and O–H groups in total. The van der Waals surface area contributed by atoms with Crippen molar-refractivity contribution in [1.29, 1.82) is 0 Å². The number of hydrogen-bond donors (Lipinski definition) is 0. The van der Waals surface area contributed by atoms with E-state index >= 15 is 0 Å². The zero-order valence-corrected chi connectivity index (χ0v) is 11.1. The summed E-state index contributed by atoms with van der Waals surface area (Å²) in [6.45, 7) is 0. The van der Waals surface area contributed by atoms with E-state index in [9.17, 15) is 9.59 Å². The van der Waals surface area contributed by atoms with Crippen molar-refractivity contribution in [2.75, 3.05) is 21.3 Å². The molecule has 0 amide bonds. The summed E-state index contributed by atoms with van der Waals surface area (Å²) in [7, 11) is 4.35. The van der Waals surface area contributed by atoms with Crippen LogP contribution in [0.15, 0.2) is 23.8 Å². The summed E-state index contributed by atoms with van der Waals surface area (Å²) in [5, 5.41) is 0. The molecular formula is C14H16O5. The van der Waals surface area contributed by atoms with Crippen molar-refractivity contribution >= 4 is 18.3 Å². The van der Waals surface area contributed by atoms with Gasteiger partial charge in [0, 0.05) is 5.57 Å². The van der Waals surface area contributed by atoms with Gasteiger partial charge in [0.2, 0.25) is 0 Å². The number of methoxy groups -OCH3 is 3. The predicted molar refractivity (Wildman–Crippen MR) is 70.2 cm³/mol. The van der Waals surface area contributed by atoms with Crippen LogP contribution >= 0.6 is 0 Å². The number of hydrogen-bond acceptors (Lipinski definition) is 5. The molecule has 19 heavy (non-hydrogen) atoms. The van der Waals surface area contributed by atoms with Gasteiger partial charge in [0.05, 0.1) is 27.8 Å². The summed E-state index contributed by atoms with van der Waals surface area (Å²) < 4.78 is 14.8. The Morgan fingerprint density at radius 3 is 2.37 bits per heavy atom. The second kappa shape index (κ2) is 7.20. The maximum atomic E-state index is 11.1. The Kier molecular flexibility index (Phi) is 5.60. The first-order valence-corrected chi connectivity index (χ1v) is 5.59. The van der Waals surface area contributed by atoms with Gasteiger partial charge in [-0.25, -0.2) is 0 Å². The number of aldehydes is 1. The molecule has 0 spiro atoms. The quantitative estimate of drug-likeness (QED) is 0.446. The van der Waals surface area contributed by atoms with Crippen molar-refractivity contribution in [3.63, 3.8) is 0 Å². The fourth-order valence-electron chi connectivity index (χ4n) is 1.52. The number of ether oxygens (including phenoxy) is 3. The van der Waals surface area contributed by atoms with Crippen LogP contribution in [0.3, 0.4) is 0 Å². The molecule has 102 valence electrons.